The molecule has 1 aromatic carbocycles. The molecule has 110 valence electrons. The number of hydrogen-bond acceptors (Lipinski definition) is 4. The molecule has 2 N–H and O–H groups in total. The van der Waals surface area contributed by atoms with Crippen molar-refractivity contribution in [2.75, 3.05) is 18.1 Å². The zero-order chi connectivity index (χ0) is 14.6. The lowest BCUT2D eigenvalue weighted by atomic mass is 10.2. The van der Waals surface area contributed by atoms with Crippen molar-refractivity contribution in [2.45, 2.75) is 19.0 Å². The van der Waals surface area contributed by atoms with Gasteiger partial charge in [0.05, 0.1) is 18.1 Å². The van der Waals surface area contributed by atoms with E-state index >= 15 is 0 Å². The van der Waals surface area contributed by atoms with Gasteiger partial charge in [-0.25, -0.2) is 12.8 Å². The largest absolute Gasteiger partial charge is 0.351 e. The molecular formula is C13H17FN2O3S. The minimum absolute atomic E-state index is 0.00601. The second kappa shape index (κ2) is 6.32. The molecule has 1 fully saturated rings. The van der Waals surface area contributed by atoms with Gasteiger partial charge in [0.15, 0.2) is 9.84 Å². The molecule has 1 saturated heterocycles. The Balaban J connectivity index is 1.72. The van der Waals surface area contributed by atoms with Crippen LogP contribution in [0.3, 0.4) is 0 Å². The number of hydrogen-bond donors (Lipinski definition) is 2. The van der Waals surface area contributed by atoms with Gasteiger partial charge in [-0.05, 0) is 12.5 Å². The highest BCUT2D eigenvalue weighted by atomic mass is 32.2. The number of benzene rings is 1. The first kappa shape index (κ1) is 14.9. The molecule has 1 amide bonds. The van der Waals surface area contributed by atoms with E-state index in [9.17, 15) is 17.6 Å². The van der Waals surface area contributed by atoms with Crippen molar-refractivity contribution in [2.24, 2.45) is 0 Å². The first-order chi connectivity index (χ1) is 9.46. The van der Waals surface area contributed by atoms with Gasteiger partial charge in [0.2, 0.25) is 5.91 Å². The van der Waals surface area contributed by atoms with Crippen LogP contribution in [0.5, 0.6) is 0 Å². The zero-order valence-electron chi connectivity index (χ0n) is 10.9. The lowest BCUT2D eigenvalue weighted by Crippen LogP contribution is -2.40. The van der Waals surface area contributed by atoms with Crippen LogP contribution in [-0.2, 0) is 21.2 Å². The Morgan fingerprint density at radius 2 is 2.10 bits per heavy atom. The van der Waals surface area contributed by atoms with Gasteiger partial charge in [0, 0.05) is 18.2 Å². The highest BCUT2D eigenvalue weighted by Gasteiger charge is 2.28. The van der Waals surface area contributed by atoms with Gasteiger partial charge in [0.1, 0.15) is 5.82 Å². The summed E-state index contributed by atoms with van der Waals surface area (Å²) in [7, 11) is -2.99. The number of rotatable bonds is 5. The molecule has 0 spiro atoms. The number of carbonyl (C=O) groups is 1. The highest BCUT2D eigenvalue weighted by molar-refractivity contribution is 7.91. The SMILES string of the molecule is O=C(CNCc1ccccc1F)NC1CCS(=O)(=O)C1. The summed E-state index contributed by atoms with van der Waals surface area (Å²) in [6, 6.07) is 6.03. The molecule has 0 radical (unpaired) electrons. The van der Waals surface area contributed by atoms with Gasteiger partial charge in [-0.2, -0.15) is 0 Å². The Labute approximate surface area is 117 Å². The van der Waals surface area contributed by atoms with Gasteiger partial charge in [-0.3, -0.25) is 4.79 Å². The van der Waals surface area contributed by atoms with Crippen LogP contribution >= 0.6 is 0 Å². The van der Waals surface area contributed by atoms with Gasteiger partial charge in [0.25, 0.3) is 0 Å². The molecule has 20 heavy (non-hydrogen) atoms. The molecule has 1 aliphatic heterocycles. The van der Waals surface area contributed by atoms with E-state index in [0.717, 1.165) is 0 Å². The minimum Gasteiger partial charge on any atom is -0.351 e. The summed E-state index contributed by atoms with van der Waals surface area (Å²) < 4.78 is 35.8. The van der Waals surface area contributed by atoms with E-state index in [-0.39, 0.29) is 42.4 Å². The Hall–Kier alpha value is -1.47. The summed E-state index contributed by atoms with van der Waals surface area (Å²) in [5.74, 6) is -0.460. The Morgan fingerprint density at radius 3 is 2.75 bits per heavy atom. The summed E-state index contributed by atoms with van der Waals surface area (Å²) in [6.45, 7) is 0.286. The summed E-state index contributed by atoms with van der Waals surface area (Å²) >= 11 is 0. The molecule has 1 atom stereocenters. The van der Waals surface area contributed by atoms with E-state index in [4.69, 9.17) is 0 Å². The molecule has 1 aromatic rings. The number of nitrogens with one attached hydrogen (secondary N) is 2. The number of carbonyl (C=O) groups excluding carboxylic acids is 1. The second-order valence-corrected chi connectivity index (χ2v) is 7.09. The number of halogens is 1. The van der Waals surface area contributed by atoms with Crippen molar-refractivity contribution in [1.82, 2.24) is 10.6 Å². The lowest BCUT2D eigenvalue weighted by molar-refractivity contribution is -0.120. The van der Waals surface area contributed by atoms with Crippen LogP contribution in [0.2, 0.25) is 0 Å². The fourth-order valence-electron chi connectivity index (χ4n) is 2.14. The highest BCUT2D eigenvalue weighted by Crippen LogP contribution is 2.10. The minimum atomic E-state index is -2.99. The Bertz CT molecular complexity index is 589. The quantitative estimate of drug-likeness (QED) is 0.815. The van der Waals surface area contributed by atoms with Crippen LogP contribution in [0.1, 0.15) is 12.0 Å². The van der Waals surface area contributed by atoms with Crippen LogP contribution in [0.4, 0.5) is 4.39 Å². The van der Waals surface area contributed by atoms with Gasteiger partial charge in [-0.1, -0.05) is 18.2 Å². The van der Waals surface area contributed by atoms with Gasteiger partial charge in [-0.15, -0.1) is 0 Å². The smallest absolute Gasteiger partial charge is 0.234 e. The molecule has 2 rings (SSSR count). The molecular weight excluding hydrogens is 283 g/mol. The first-order valence-electron chi connectivity index (χ1n) is 6.40. The predicted octanol–water partition coefficient (Wildman–Crippen LogP) is 0.219. The number of amides is 1. The zero-order valence-corrected chi connectivity index (χ0v) is 11.7. The van der Waals surface area contributed by atoms with Crippen molar-refractivity contribution in [3.05, 3.63) is 35.6 Å². The lowest BCUT2D eigenvalue weighted by Gasteiger charge is -2.11. The molecule has 1 aliphatic rings. The fraction of sp³-hybridized carbons (Fsp3) is 0.462. The van der Waals surface area contributed by atoms with Crippen LogP contribution in [0.25, 0.3) is 0 Å². The maximum Gasteiger partial charge on any atom is 0.234 e. The van der Waals surface area contributed by atoms with E-state index < -0.39 is 9.84 Å². The monoisotopic (exact) mass is 300 g/mol. The van der Waals surface area contributed by atoms with Crippen molar-refractivity contribution >= 4 is 15.7 Å². The van der Waals surface area contributed by atoms with E-state index in [2.05, 4.69) is 10.6 Å². The molecule has 7 heteroatoms. The summed E-state index contributed by atoms with van der Waals surface area (Å²) in [5.41, 5.74) is 0.490. The maximum atomic E-state index is 13.3. The van der Waals surface area contributed by atoms with E-state index in [1.54, 1.807) is 18.2 Å². The molecule has 1 heterocycles. The maximum absolute atomic E-state index is 13.3. The van der Waals surface area contributed by atoms with Crippen LogP contribution in [0.15, 0.2) is 24.3 Å². The van der Waals surface area contributed by atoms with Crippen molar-refractivity contribution in [3.63, 3.8) is 0 Å². The predicted molar refractivity (Wildman–Crippen MR) is 73.3 cm³/mol. The summed E-state index contributed by atoms with van der Waals surface area (Å²) in [4.78, 5) is 11.6. The fourth-order valence-corrected chi connectivity index (χ4v) is 3.81. The Morgan fingerprint density at radius 1 is 1.35 bits per heavy atom. The van der Waals surface area contributed by atoms with Gasteiger partial charge < -0.3 is 10.6 Å². The van der Waals surface area contributed by atoms with Crippen molar-refractivity contribution in [3.8, 4) is 0 Å². The second-order valence-electron chi connectivity index (χ2n) is 4.86. The third-order valence-corrected chi connectivity index (χ3v) is 4.92. The first-order valence-corrected chi connectivity index (χ1v) is 8.22. The third kappa shape index (κ3) is 4.28. The average Bonchev–Trinajstić information content (AvgIpc) is 2.71. The molecule has 5 nitrogen and oxygen atoms in total. The molecule has 1 unspecified atom stereocenters. The van der Waals surface area contributed by atoms with Crippen LogP contribution in [-0.4, -0.2) is 38.4 Å². The normalized spacial score (nSPS) is 20.8. The standard InChI is InChI=1S/C13H17FN2O3S/c14-12-4-2-1-3-10(12)7-15-8-13(17)16-11-5-6-20(18,19)9-11/h1-4,11,15H,5-9H2,(H,16,17). The summed E-state index contributed by atoms with van der Waals surface area (Å²) in [5, 5.41) is 5.50. The third-order valence-electron chi connectivity index (χ3n) is 3.16. The molecule has 0 aromatic heterocycles. The van der Waals surface area contributed by atoms with Crippen LogP contribution < -0.4 is 10.6 Å². The molecule has 0 bridgehead atoms. The topological polar surface area (TPSA) is 75.3 Å². The Kier molecular flexibility index (Phi) is 4.72. The molecule has 0 saturated carbocycles. The average molecular weight is 300 g/mol. The summed E-state index contributed by atoms with van der Waals surface area (Å²) in [6.07, 6.45) is 0.460. The number of sulfone groups is 1. The van der Waals surface area contributed by atoms with Crippen molar-refractivity contribution < 1.29 is 17.6 Å². The molecule has 0 aliphatic carbocycles. The van der Waals surface area contributed by atoms with Gasteiger partial charge >= 0.3 is 0 Å². The van der Waals surface area contributed by atoms with Crippen LogP contribution in [0, 0.1) is 5.82 Å². The van der Waals surface area contributed by atoms with Crippen molar-refractivity contribution in [1.29, 1.82) is 0 Å². The van der Waals surface area contributed by atoms with E-state index in [1.807, 2.05) is 0 Å². The van der Waals surface area contributed by atoms with E-state index in [1.165, 1.54) is 6.07 Å². The van der Waals surface area contributed by atoms with E-state index in [0.29, 0.717) is 12.0 Å².